The molecule has 2 aliphatic heterocycles. The fraction of sp³-hybridized carbons (Fsp3) is 0.955. The molecular weight excluding hydrogens is 324 g/mol. The van der Waals surface area contributed by atoms with Gasteiger partial charge in [0.05, 0.1) is 18.1 Å². The molecule has 0 aromatic carbocycles. The van der Waals surface area contributed by atoms with Crippen molar-refractivity contribution in [1.29, 1.82) is 0 Å². The summed E-state index contributed by atoms with van der Waals surface area (Å²) in [6.45, 7) is 8.68. The van der Waals surface area contributed by atoms with Gasteiger partial charge in [-0.15, -0.1) is 0 Å². The Balaban J connectivity index is 1.16. The molecule has 2 saturated heterocycles. The van der Waals surface area contributed by atoms with Crippen LogP contribution in [0.5, 0.6) is 0 Å². The van der Waals surface area contributed by atoms with Crippen molar-refractivity contribution in [3.8, 4) is 0 Å². The zero-order valence-electron chi connectivity index (χ0n) is 16.3. The number of amides is 1. The monoisotopic (exact) mass is 356 g/mol. The Bertz CT molecular complexity index is 740. The third-order valence-electron chi connectivity index (χ3n) is 10.9. The van der Waals surface area contributed by atoms with Gasteiger partial charge in [0.1, 0.15) is 0 Å². The van der Waals surface area contributed by atoms with E-state index in [4.69, 9.17) is 4.74 Å². The maximum Gasteiger partial charge on any atom is 0.226 e. The van der Waals surface area contributed by atoms with Gasteiger partial charge in [0, 0.05) is 24.1 Å². The van der Waals surface area contributed by atoms with Crippen LogP contribution in [0, 0.1) is 33.5 Å². The third kappa shape index (κ3) is 1.26. The molecule has 8 atom stereocenters. The van der Waals surface area contributed by atoms with Crippen LogP contribution in [0.4, 0.5) is 0 Å². The first kappa shape index (κ1) is 15.3. The highest BCUT2D eigenvalue weighted by molar-refractivity contribution is 5.85. The Labute approximate surface area is 156 Å². The fourth-order valence-electron chi connectivity index (χ4n) is 10.3. The molecule has 4 heteroatoms. The molecule has 1 amide bonds. The van der Waals surface area contributed by atoms with E-state index in [1.807, 2.05) is 0 Å². The van der Waals surface area contributed by atoms with Crippen molar-refractivity contribution >= 4 is 5.91 Å². The first-order valence-corrected chi connectivity index (χ1v) is 11.1. The van der Waals surface area contributed by atoms with Gasteiger partial charge in [-0.25, -0.2) is 0 Å². The molecule has 142 valence electrons. The van der Waals surface area contributed by atoms with E-state index in [1.54, 1.807) is 0 Å². The van der Waals surface area contributed by atoms with Crippen LogP contribution in [0.3, 0.4) is 0 Å². The minimum Gasteiger partial charge on any atom is -0.381 e. The number of carbonyl (C=O) groups is 1. The summed E-state index contributed by atoms with van der Waals surface area (Å²) in [5, 5.41) is 3.60. The summed E-state index contributed by atoms with van der Waals surface area (Å²) in [5.74, 6) is 2.09. The van der Waals surface area contributed by atoms with E-state index in [2.05, 4.69) is 24.1 Å². The number of carbonyl (C=O) groups excluding carboxylic acids is 1. The van der Waals surface area contributed by atoms with Crippen LogP contribution in [-0.4, -0.2) is 48.7 Å². The SMILES string of the molecule is CCOC[C@@]12CC3(C(=O)N[C@@H]4CN5CCC6CC645)CC4C[C@](C)(C1)C42C3. The normalized spacial score (nSPS) is 62.5. The molecule has 0 aromatic heterocycles. The molecule has 2 spiro atoms. The second-order valence-electron chi connectivity index (χ2n) is 11.5. The summed E-state index contributed by atoms with van der Waals surface area (Å²) in [7, 11) is 0. The molecule has 5 unspecified atom stereocenters. The highest BCUT2D eigenvalue weighted by Crippen LogP contribution is 2.94. The largest absolute Gasteiger partial charge is 0.381 e. The molecule has 1 N–H and O–H groups in total. The summed E-state index contributed by atoms with van der Waals surface area (Å²) < 4.78 is 5.98. The molecule has 4 nitrogen and oxygen atoms in total. The van der Waals surface area contributed by atoms with Gasteiger partial charge in [-0.3, -0.25) is 9.69 Å². The second-order valence-corrected chi connectivity index (χ2v) is 11.5. The van der Waals surface area contributed by atoms with Gasteiger partial charge < -0.3 is 10.1 Å². The van der Waals surface area contributed by atoms with Gasteiger partial charge in [0.2, 0.25) is 5.91 Å². The molecule has 5 aliphatic carbocycles. The number of ether oxygens (including phenoxy) is 1. The minimum absolute atomic E-state index is 0.0733. The van der Waals surface area contributed by atoms with Crippen molar-refractivity contribution in [3.63, 3.8) is 0 Å². The topological polar surface area (TPSA) is 41.6 Å². The molecule has 7 aliphatic rings. The van der Waals surface area contributed by atoms with Crippen molar-refractivity contribution in [2.45, 2.75) is 70.4 Å². The summed E-state index contributed by atoms with van der Waals surface area (Å²) in [4.78, 5) is 16.2. The van der Waals surface area contributed by atoms with Crippen LogP contribution in [0.25, 0.3) is 0 Å². The quantitative estimate of drug-likeness (QED) is 0.823. The van der Waals surface area contributed by atoms with E-state index in [0.29, 0.717) is 33.7 Å². The van der Waals surface area contributed by atoms with E-state index >= 15 is 0 Å². The number of nitrogens with one attached hydrogen (secondary N) is 1. The standard InChI is InChI=1S/C22H32N2O2/c1-3-26-13-20-10-18(2)6-15-7-19(11-20,12-22(15,18)20)17(25)23-16-9-24-5-4-14-8-21(14,16)24/h14-16H,3-13H2,1-2H3,(H,23,25)/t14?,15?,16-,18-,19?,20+,21?,22?/m1/s1. The first-order chi connectivity index (χ1) is 12.4. The van der Waals surface area contributed by atoms with Crippen LogP contribution < -0.4 is 5.32 Å². The fourth-order valence-corrected chi connectivity index (χ4v) is 10.3. The smallest absolute Gasteiger partial charge is 0.226 e. The highest BCUT2D eigenvalue weighted by Gasteiger charge is 2.89. The number of hydrogen-bond acceptors (Lipinski definition) is 3. The molecule has 2 heterocycles. The van der Waals surface area contributed by atoms with Crippen LogP contribution in [0.15, 0.2) is 0 Å². The van der Waals surface area contributed by atoms with Gasteiger partial charge in [0.15, 0.2) is 0 Å². The lowest BCUT2D eigenvalue weighted by Gasteiger charge is -2.79. The van der Waals surface area contributed by atoms with Gasteiger partial charge in [0.25, 0.3) is 0 Å². The Morgan fingerprint density at radius 1 is 1.19 bits per heavy atom. The molecular formula is C22H32N2O2. The molecule has 7 rings (SSSR count). The Morgan fingerprint density at radius 3 is 2.81 bits per heavy atom. The average Bonchev–Trinajstić information content (AvgIpc) is 3.08. The molecule has 0 aromatic rings. The predicted molar refractivity (Wildman–Crippen MR) is 97.4 cm³/mol. The zero-order chi connectivity index (χ0) is 17.6. The average molecular weight is 357 g/mol. The molecule has 0 radical (unpaired) electrons. The second kappa shape index (κ2) is 4.05. The van der Waals surface area contributed by atoms with Crippen LogP contribution in [0.2, 0.25) is 0 Å². The summed E-state index contributed by atoms with van der Waals surface area (Å²) in [5.41, 5.74) is 1.58. The van der Waals surface area contributed by atoms with Crippen LogP contribution in [0.1, 0.15) is 58.8 Å². The maximum absolute atomic E-state index is 13.6. The van der Waals surface area contributed by atoms with Crippen molar-refractivity contribution < 1.29 is 9.53 Å². The van der Waals surface area contributed by atoms with Gasteiger partial charge in [-0.1, -0.05) is 6.92 Å². The lowest BCUT2D eigenvalue weighted by molar-refractivity contribution is -0.321. The number of piperidine rings is 1. The first-order valence-electron chi connectivity index (χ1n) is 11.1. The van der Waals surface area contributed by atoms with E-state index in [-0.39, 0.29) is 5.41 Å². The molecule has 26 heavy (non-hydrogen) atoms. The highest BCUT2D eigenvalue weighted by atomic mass is 16.5. The van der Waals surface area contributed by atoms with Crippen molar-refractivity contribution in [1.82, 2.24) is 10.2 Å². The predicted octanol–water partition coefficient (Wildman–Crippen LogP) is 2.57. The zero-order valence-corrected chi connectivity index (χ0v) is 16.3. The summed E-state index contributed by atoms with van der Waals surface area (Å²) in [6.07, 6.45) is 8.78. The van der Waals surface area contributed by atoms with Crippen molar-refractivity contribution in [3.05, 3.63) is 0 Å². The van der Waals surface area contributed by atoms with Gasteiger partial charge in [-0.05, 0) is 81.1 Å². The van der Waals surface area contributed by atoms with Gasteiger partial charge in [-0.2, -0.15) is 0 Å². The van der Waals surface area contributed by atoms with E-state index in [0.717, 1.165) is 50.9 Å². The van der Waals surface area contributed by atoms with Crippen LogP contribution in [-0.2, 0) is 9.53 Å². The lowest BCUT2D eigenvalue weighted by Crippen LogP contribution is -2.74. The Hall–Kier alpha value is -0.610. The van der Waals surface area contributed by atoms with E-state index in [9.17, 15) is 4.79 Å². The maximum atomic E-state index is 13.6. The third-order valence-corrected chi connectivity index (χ3v) is 10.9. The number of hydrogen-bond donors (Lipinski definition) is 1. The molecule has 5 saturated carbocycles. The molecule has 7 fully saturated rings. The lowest BCUT2D eigenvalue weighted by atomic mass is 9.25. The number of nitrogens with zero attached hydrogens (tertiary/aromatic N) is 1. The number of rotatable bonds is 5. The Morgan fingerprint density at radius 2 is 2.08 bits per heavy atom. The Kier molecular flexibility index (Phi) is 2.39. The summed E-state index contributed by atoms with van der Waals surface area (Å²) >= 11 is 0. The minimum atomic E-state index is -0.0733. The summed E-state index contributed by atoms with van der Waals surface area (Å²) in [6, 6.07) is 0.445. The van der Waals surface area contributed by atoms with Gasteiger partial charge >= 0.3 is 0 Å². The van der Waals surface area contributed by atoms with Crippen molar-refractivity contribution in [2.24, 2.45) is 33.5 Å². The van der Waals surface area contributed by atoms with Crippen molar-refractivity contribution in [2.75, 3.05) is 26.3 Å². The number of fused-ring (bicyclic) bond motifs is 1. The van der Waals surface area contributed by atoms with E-state index < -0.39 is 0 Å². The van der Waals surface area contributed by atoms with Crippen LogP contribution >= 0.6 is 0 Å². The molecule has 2 bridgehead atoms. The van der Waals surface area contributed by atoms with E-state index in [1.165, 1.54) is 32.2 Å².